The molecule has 0 spiro atoms. The minimum atomic E-state index is -4.72. The van der Waals surface area contributed by atoms with Crippen LogP contribution in [0.4, 0.5) is 13.2 Å². The first kappa shape index (κ1) is 15.6. The van der Waals surface area contributed by atoms with Crippen molar-refractivity contribution in [1.29, 1.82) is 5.26 Å². The summed E-state index contributed by atoms with van der Waals surface area (Å²) in [4.78, 5) is 0. The molecule has 0 heterocycles. The van der Waals surface area contributed by atoms with E-state index >= 15 is 0 Å². The van der Waals surface area contributed by atoms with E-state index in [9.17, 15) is 13.2 Å². The third-order valence-corrected chi connectivity index (χ3v) is 1.83. The van der Waals surface area contributed by atoms with Crippen LogP contribution in [0.15, 0.2) is 24.3 Å². The number of hydrogen-bond acceptors (Lipinski definition) is 3. The molecular formula is C10H10ClF3N2O. The van der Waals surface area contributed by atoms with Gasteiger partial charge in [0, 0.05) is 6.04 Å². The van der Waals surface area contributed by atoms with Crippen molar-refractivity contribution in [3.8, 4) is 11.8 Å². The van der Waals surface area contributed by atoms with Gasteiger partial charge in [0.2, 0.25) is 0 Å². The summed E-state index contributed by atoms with van der Waals surface area (Å²) in [6.45, 7) is 0. The summed E-state index contributed by atoms with van der Waals surface area (Å²) in [6, 6.07) is 6.53. The Morgan fingerprint density at radius 2 is 2.06 bits per heavy atom. The molecule has 0 saturated carbocycles. The average molecular weight is 267 g/mol. The molecule has 0 aromatic heterocycles. The fraction of sp³-hybridized carbons (Fsp3) is 0.300. The lowest BCUT2D eigenvalue weighted by Crippen LogP contribution is -2.17. The van der Waals surface area contributed by atoms with Crippen LogP contribution in [-0.2, 0) is 0 Å². The number of halogens is 4. The Morgan fingerprint density at radius 1 is 1.41 bits per heavy atom. The van der Waals surface area contributed by atoms with Gasteiger partial charge in [-0.25, -0.2) is 0 Å². The van der Waals surface area contributed by atoms with Gasteiger partial charge in [0.25, 0.3) is 0 Å². The summed E-state index contributed by atoms with van der Waals surface area (Å²) in [5, 5.41) is 8.41. The van der Waals surface area contributed by atoms with Gasteiger partial charge >= 0.3 is 6.36 Å². The number of ether oxygens (including phenoxy) is 1. The van der Waals surface area contributed by atoms with Crippen LogP contribution in [0.25, 0.3) is 0 Å². The van der Waals surface area contributed by atoms with Gasteiger partial charge in [0.15, 0.2) is 0 Å². The van der Waals surface area contributed by atoms with Gasteiger partial charge < -0.3 is 10.5 Å². The lowest BCUT2D eigenvalue weighted by Gasteiger charge is -2.12. The van der Waals surface area contributed by atoms with E-state index in [4.69, 9.17) is 11.0 Å². The molecule has 1 atom stereocenters. The van der Waals surface area contributed by atoms with E-state index in [0.717, 1.165) is 0 Å². The molecular weight excluding hydrogens is 257 g/mol. The highest BCUT2D eigenvalue weighted by molar-refractivity contribution is 5.85. The van der Waals surface area contributed by atoms with Crippen molar-refractivity contribution in [2.75, 3.05) is 0 Å². The predicted octanol–water partition coefficient (Wildman–Crippen LogP) is 2.92. The molecule has 0 fully saturated rings. The number of alkyl halides is 3. The second-order valence-electron chi connectivity index (χ2n) is 3.09. The molecule has 0 unspecified atom stereocenters. The summed E-state index contributed by atoms with van der Waals surface area (Å²) >= 11 is 0. The summed E-state index contributed by atoms with van der Waals surface area (Å²) in [7, 11) is 0. The maximum absolute atomic E-state index is 11.9. The predicted molar refractivity (Wildman–Crippen MR) is 57.5 cm³/mol. The molecule has 3 nitrogen and oxygen atoms in total. The van der Waals surface area contributed by atoms with Gasteiger partial charge in [-0.05, 0) is 17.7 Å². The van der Waals surface area contributed by atoms with Gasteiger partial charge in [0.05, 0.1) is 12.5 Å². The summed E-state index contributed by atoms with van der Waals surface area (Å²) in [6.07, 6.45) is -4.69. The molecule has 1 aromatic rings. The van der Waals surface area contributed by atoms with Crippen LogP contribution in [0.3, 0.4) is 0 Å². The molecule has 0 aliphatic carbocycles. The highest BCUT2D eigenvalue weighted by atomic mass is 35.5. The maximum Gasteiger partial charge on any atom is 0.573 e. The molecule has 0 amide bonds. The van der Waals surface area contributed by atoms with E-state index in [1.807, 2.05) is 6.07 Å². The minimum Gasteiger partial charge on any atom is -0.406 e. The van der Waals surface area contributed by atoms with Crippen molar-refractivity contribution in [2.24, 2.45) is 5.73 Å². The first-order valence-electron chi connectivity index (χ1n) is 4.40. The Bertz CT molecular complexity index is 403. The molecule has 0 saturated heterocycles. The SMILES string of the molecule is Cl.N#CC[C@H](N)c1cccc(OC(F)(F)F)c1. The Balaban J connectivity index is 0.00000256. The topological polar surface area (TPSA) is 59.0 Å². The molecule has 0 aliphatic heterocycles. The third-order valence-electron chi connectivity index (χ3n) is 1.83. The van der Waals surface area contributed by atoms with Gasteiger partial charge in [-0.3, -0.25) is 0 Å². The Morgan fingerprint density at radius 3 is 2.59 bits per heavy atom. The number of hydrogen-bond donors (Lipinski definition) is 1. The monoisotopic (exact) mass is 266 g/mol. The highest BCUT2D eigenvalue weighted by Gasteiger charge is 2.31. The second-order valence-corrected chi connectivity index (χ2v) is 3.09. The molecule has 2 N–H and O–H groups in total. The van der Waals surface area contributed by atoms with Crippen molar-refractivity contribution in [3.05, 3.63) is 29.8 Å². The van der Waals surface area contributed by atoms with E-state index in [1.54, 1.807) is 6.07 Å². The number of rotatable bonds is 3. The standard InChI is InChI=1S/C10H9F3N2O.ClH/c11-10(12,13)16-8-3-1-2-7(6-8)9(15)4-5-14;/h1-3,6,9H,4,15H2;1H/t9-;/m0./s1. The zero-order valence-electron chi connectivity index (χ0n) is 8.57. The third kappa shape index (κ3) is 5.43. The Labute approximate surface area is 102 Å². The molecule has 94 valence electrons. The molecule has 0 radical (unpaired) electrons. The first-order valence-corrected chi connectivity index (χ1v) is 4.40. The molecule has 0 aliphatic rings. The van der Waals surface area contributed by atoms with Crippen LogP contribution >= 0.6 is 12.4 Å². The van der Waals surface area contributed by atoms with Gasteiger partial charge in [0.1, 0.15) is 5.75 Å². The van der Waals surface area contributed by atoms with Crippen LogP contribution in [0, 0.1) is 11.3 Å². The van der Waals surface area contributed by atoms with Crippen LogP contribution < -0.4 is 10.5 Å². The van der Waals surface area contributed by atoms with Crippen LogP contribution in [0.2, 0.25) is 0 Å². The molecule has 0 bridgehead atoms. The van der Waals surface area contributed by atoms with Crippen LogP contribution in [-0.4, -0.2) is 6.36 Å². The Kier molecular flexibility index (Phi) is 5.79. The van der Waals surface area contributed by atoms with Crippen molar-refractivity contribution < 1.29 is 17.9 Å². The summed E-state index contributed by atoms with van der Waals surface area (Å²) in [5.74, 6) is -0.335. The maximum atomic E-state index is 11.9. The lowest BCUT2D eigenvalue weighted by atomic mass is 10.1. The van der Waals surface area contributed by atoms with Gasteiger partial charge in [-0.15, -0.1) is 25.6 Å². The molecule has 1 aromatic carbocycles. The van der Waals surface area contributed by atoms with Crippen molar-refractivity contribution in [3.63, 3.8) is 0 Å². The van der Waals surface area contributed by atoms with E-state index in [-0.39, 0.29) is 24.6 Å². The zero-order valence-corrected chi connectivity index (χ0v) is 9.39. The van der Waals surface area contributed by atoms with E-state index in [0.29, 0.717) is 5.56 Å². The number of nitriles is 1. The Hall–Kier alpha value is -1.45. The van der Waals surface area contributed by atoms with Crippen molar-refractivity contribution >= 4 is 12.4 Å². The van der Waals surface area contributed by atoms with Crippen molar-refractivity contribution in [1.82, 2.24) is 0 Å². The molecule has 17 heavy (non-hydrogen) atoms. The lowest BCUT2D eigenvalue weighted by molar-refractivity contribution is -0.274. The molecule has 1 rings (SSSR count). The van der Waals surface area contributed by atoms with E-state index in [2.05, 4.69) is 4.74 Å². The largest absolute Gasteiger partial charge is 0.573 e. The van der Waals surface area contributed by atoms with Gasteiger partial charge in [-0.1, -0.05) is 12.1 Å². The fourth-order valence-electron chi connectivity index (χ4n) is 1.16. The smallest absolute Gasteiger partial charge is 0.406 e. The van der Waals surface area contributed by atoms with Gasteiger partial charge in [-0.2, -0.15) is 5.26 Å². The number of nitrogens with two attached hydrogens (primary N) is 1. The average Bonchev–Trinajstić information content (AvgIpc) is 2.16. The summed E-state index contributed by atoms with van der Waals surface area (Å²) in [5.41, 5.74) is 6.01. The van der Waals surface area contributed by atoms with E-state index < -0.39 is 12.4 Å². The molecule has 7 heteroatoms. The van der Waals surface area contributed by atoms with E-state index in [1.165, 1.54) is 18.2 Å². The van der Waals surface area contributed by atoms with Crippen molar-refractivity contribution in [2.45, 2.75) is 18.8 Å². The van der Waals surface area contributed by atoms with Crippen LogP contribution in [0.5, 0.6) is 5.75 Å². The minimum absolute atomic E-state index is 0. The quantitative estimate of drug-likeness (QED) is 0.915. The second kappa shape index (κ2) is 6.33. The number of nitrogens with zero attached hydrogens (tertiary/aromatic N) is 1. The first-order chi connectivity index (χ1) is 7.42. The number of benzene rings is 1. The highest BCUT2D eigenvalue weighted by Crippen LogP contribution is 2.25. The normalized spacial score (nSPS) is 12.2. The fourth-order valence-corrected chi connectivity index (χ4v) is 1.16. The summed E-state index contributed by atoms with van der Waals surface area (Å²) < 4.78 is 39.5. The zero-order chi connectivity index (χ0) is 12.2. The van der Waals surface area contributed by atoms with Crippen LogP contribution in [0.1, 0.15) is 18.0 Å².